The Balaban J connectivity index is 1.52. The fourth-order valence-corrected chi connectivity index (χ4v) is 4.11. The third-order valence-electron chi connectivity index (χ3n) is 5.26. The van der Waals surface area contributed by atoms with Crippen molar-refractivity contribution in [3.05, 3.63) is 52.9 Å². The molecular weight excluding hydrogens is 312 g/mol. The molecule has 2 aliphatic rings. The Morgan fingerprint density at radius 2 is 2.12 bits per heavy atom. The van der Waals surface area contributed by atoms with E-state index in [1.807, 2.05) is 18.1 Å². The van der Waals surface area contributed by atoms with Gasteiger partial charge >= 0.3 is 0 Å². The number of aromatic nitrogens is 2. The van der Waals surface area contributed by atoms with E-state index < -0.39 is 11.6 Å². The number of halogens is 2. The second kappa shape index (κ2) is 5.91. The van der Waals surface area contributed by atoms with E-state index in [4.69, 9.17) is 5.73 Å². The molecule has 1 saturated heterocycles. The average molecular weight is 333 g/mol. The number of fused-ring (bicyclic) bond motifs is 1. The number of likely N-dealkylation sites (tertiary alicyclic amines) is 1. The zero-order valence-electron chi connectivity index (χ0n) is 13.5. The number of likely N-dealkylation sites (N-methyl/N-ethyl adjacent to an activating group) is 1. The van der Waals surface area contributed by atoms with Crippen molar-refractivity contribution in [2.45, 2.75) is 37.6 Å². The van der Waals surface area contributed by atoms with Crippen molar-refractivity contribution in [1.29, 1.82) is 0 Å². The molecule has 3 atom stereocenters. The van der Waals surface area contributed by atoms with E-state index in [0.29, 0.717) is 11.6 Å². The molecule has 0 spiro atoms. The fraction of sp³-hybridized carbons (Fsp3) is 0.471. The van der Waals surface area contributed by atoms with Gasteiger partial charge in [-0.3, -0.25) is 14.9 Å². The lowest BCUT2D eigenvalue weighted by atomic mass is 9.88. The summed E-state index contributed by atoms with van der Waals surface area (Å²) in [6.07, 6.45) is 2.62. The van der Waals surface area contributed by atoms with Gasteiger partial charge in [0, 0.05) is 42.8 Å². The van der Waals surface area contributed by atoms with Crippen LogP contribution in [0.15, 0.2) is 24.4 Å². The van der Waals surface area contributed by atoms with Crippen LogP contribution < -0.4 is 5.73 Å². The van der Waals surface area contributed by atoms with Crippen LogP contribution in [0.3, 0.4) is 0 Å². The third kappa shape index (κ3) is 2.62. The molecule has 0 saturated carbocycles. The Bertz CT molecular complexity index is 714. The number of benzene rings is 1. The molecule has 3 N–H and O–H groups in total. The molecule has 5 nitrogen and oxygen atoms in total. The minimum absolute atomic E-state index is 0.248. The number of rotatable bonds is 2. The Hall–Kier alpha value is -1.83. The minimum atomic E-state index is -0.431. The normalized spacial score (nSPS) is 28.2. The summed E-state index contributed by atoms with van der Waals surface area (Å²) < 4.78 is 27.7. The number of H-pyrrole nitrogens is 1. The molecule has 128 valence electrons. The van der Waals surface area contributed by atoms with Crippen molar-refractivity contribution in [3.63, 3.8) is 0 Å². The Morgan fingerprint density at radius 3 is 2.88 bits per heavy atom. The smallest absolute Gasteiger partial charge is 0.128 e. The summed E-state index contributed by atoms with van der Waals surface area (Å²) in [6, 6.07) is 3.32. The van der Waals surface area contributed by atoms with Gasteiger partial charge in [0.1, 0.15) is 11.6 Å². The van der Waals surface area contributed by atoms with Gasteiger partial charge in [0.25, 0.3) is 0 Å². The van der Waals surface area contributed by atoms with Crippen LogP contribution in [0.1, 0.15) is 29.3 Å². The van der Waals surface area contributed by atoms with Crippen LogP contribution in [0.4, 0.5) is 8.78 Å². The summed E-state index contributed by atoms with van der Waals surface area (Å²) in [4.78, 5) is 4.42. The van der Waals surface area contributed by atoms with Gasteiger partial charge in [-0.15, -0.1) is 0 Å². The van der Waals surface area contributed by atoms with Crippen LogP contribution in [0.25, 0.3) is 0 Å². The average Bonchev–Trinajstić information content (AvgIpc) is 3.11. The molecule has 7 heteroatoms. The first-order chi connectivity index (χ1) is 11.5. The highest BCUT2D eigenvalue weighted by Crippen LogP contribution is 2.34. The number of nitrogens with zero attached hydrogens (tertiary/aromatic N) is 3. The third-order valence-corrected chi connectivity index (χ3v) is 5.26. The van der Waals surface area contributed by atoms with E-state index in [9.17, 15) is 8.78 Å². The quantitative estimate of drug-likeness (QED) is 0.879. The highest BCUT2D eigenvalue weighted by molar-refractivity contribution is 5.26. The summed E-state index contributed by atoms with van der Waals surface area (Å²) in [5.74, 6) is -0.830. The van der Waals surface area contributed by atoms with E-state index in [2.05, 4.69) is 15.1 Å². The van der Waals surface area contributed by atoms with Crippen molar-refractivity contribution < 1.29 is 8.78 Å². The SMILES string of the molecule is CN1C[C@H](N2Cc3cn[nH]c3C2)C[C@H](N)[C@H]1c1cc(F)ccc1F. The Kier molecular flexibility index (Phi) is 3.86. The summed E-state index contributed by atoms with van der Waals surface area (Å²) in [6.45, 7) is 2.46. The van der Waals surface area contributed by atoms with Crippen LogP contribution in [0, 0.1) is 11.6 Å². The molecule has 2 aliphatic heterocycles. The predicted octanol–water partition coefficient (Wildman–Crippen LogP) is 1.78. The lowest BCUT2D eigenvalue weighted by Gasteiger charge is -2.44. The Morgan fingerprint density at radius 1 is 1.29 bits per heavy atom. The number of aromatic amines is 1. The first-order valence-electron chi connectivity index (χ1n) is 8.19. The summed E-state index contributed by atoms with van der Waals surface area (Å²) >= 11 is 0. The second-order valence-corrected chi connectivity index (χ2v) is 6.88. The molecule has 0 radical (unpaired) electrons. The standard InChI is InChI=1S/C17H21F2N5/c1-23-8-12(24-7-10-6-21-22-16(10)9-24)5-15(20)17(23)13-4-11(18)2-3-14(13)19/h2-4,6,12,15,17H,5,7-9,20H2,1H3,(H,21,22)/t12-,15+,17-/m1/s1. The highest BCUT2D eigenvalue weighted by Gasteiger charge is 2.38. The summed E-state index contributed by atoms with van der Waals surface area (Å²) in [5, 5.41) is 7.09. The summed E-state index contributed by atoms with van der Waals surface area (Å²) in [5.41, 5.74) is 9.11. The van der Waals surface area contributed by atoms with E-state index in [-0.39, 0.29) is 12.1 Å². The van der Waals surface area contributed by atoms with Gasteiger partial charge in [-0.2, -0.15) is 5.10 Å². The van der Waals surface area contributed by atoms with Gasteiger partial charge in [-0.1, -0.05) is 0 Å². The van der Waals surface area contributed by atoms with Crippen LogP contribution >= 0.6 is 0 Å². The molecular formula is C17H21F2N5. The maximum Gasteiger partial charge on any atom is 0.128 e. The lowest BCUT2D eigenvalue weighted by Crippen LogP contribution is -2.54. The van der Waals surface area contributed by atoms with Gasteiger partial charge in [0.15, 0.2) is 0 Å². The van der Waals surface area contributed by atoms with E-state index in [1.54, 1.807) is 0 Å². The molecule has 2 aromatic rings. The van der Waals surface area contributed by atoms with E-state index in [0.717, 1.165) is 37.8 Å². The van der Waals surface area contributed by atoms with Crippen molar-refractivity contribution in [2.75, 3.05) is 13.6 Å². The fourth-order valence-electron chi connectivity index (χ4n) is 4.11. The van der Waals surface area contributed by atoms with Crippen LogP contribution in [-0.4, -0.2) is 45.7 Å². The first kappa shape index (κ1) is 15.7. The van der Waals surface area contributed by atoms with Crippen molar-refractivity contribution in [1.82, 2.24) is 20.0 Å². The predicted molar refractivity (Wildman–Crippen MR) is 85.9 cm³/mol. The maximum atomic E-state index is 14.2. The van der Waals surface area contributed by atoms with Crippen LogP contribution in [-0.2, 0) is 13.1 Å². The molecule has 0 unspecified atom stereocenters. The number of piperidine rings is 1. The van der Waals surface area contributed by atoms with E-state index in [1.165, 1.54) is 17.7 Å². The molecule has 0 aliphatic carbocycles. The summed E-state index contributed by atoms with van der Waals surface area (Å²) in [7, 11) is 1.93. The first-order valence-corrected chi connectivity index (χ1v) is 8.19. The highest BCUT2D eigenvalue weighted by atomic mass is 19.1. The second-order valence-electron chi connectivity index (χ2n) is 6.88. The van der Waals surface area contributed by atoms with Gasteiger partial charge < -0.3 is 5.73 Å². The number of nitrogens with two attached hydrogens (primary N) is 1. The number of hydrogen-bond acceptors (Lipinski definition) is 4. The molecule has 3 heterocycles. The zero-order valence-corrected chi connectivity index (χ0v) is 13.5. The number of hydrogen-bond donors (Lipinski definition) is 2. The molecule has 0 bridgehead atoms. The van der Waals surface area contributed by atoms with Crippen LogP contribution in [0.2, 0.25) is 0 Å². The Labute approximate surface area is 139 Å². The minimum Gasteiger partial charge on any atom is -0.326 e. The van der Waals surface area contributed by atoms with Gasteiger partial charge in [0.2, 0.25) is 0 Å². The molecule has 24 heavy (non-hydrogen) atoms. The topological polar surface area (TPSA) is 61.2 Å². The molecule has 0 amide bonds. The number of nitrogens with one attached hydrogen (secondary N) is 1. The van der Waals surface area contributed by atoms with Gasteiger partial charge in [0.05, 0.1) is 17.9 Å². The zero-order chi connectivity index (χ0) is 16.8. The molecule has 4 rings (SSSR count). The molecule has 1 aromatic heterocycles. The lowest BCUT2D eigenvalue weighted by molar-refractivity contribution is 0.0586. The van der Waals surface area contributed by atoms with Gasteiger partial charge in [-0.25, -0.2) is 8.78 Å². The monoisotopic (exact) mass is 333 g/mol. The van der Waals surface area contributed by atoms with Crippen molar-refractivity contribution >= 4 is 0 Å². The van der Waals surface area contributed by atoms with E-state index >= 15 is 0 Å². The van der Waals surface area contributed by atoms with Crippen molar-refractivity contribution in [3.8, 4) is 0 Å². The molecule has 1 aromatic carbocycles. The van der Waals surface area contributed by atoms with Gasteiger partial charge in [-0.05, 0) is 31.7 Å². The largest absolute Gasteiger partial charge is 0.326 e. The molecule has 1 fully saturated rings. The van der Waals surface area contributed by atoms with Crippen molar-refractivity contribution in [2.24, 2.45) is 5.73 Å². The van der Waals surface area contributed by atoms with Crippen LogP contribution in [0.5, 0.6) is 0 Å². The maximum absolute atomic E-state index is 14.2.